The molecule has 0 aromatic heterocycles. The molecule has 70 valence electrons. The lowest BCUT2D eigenvalue weighted by Gasteiger charge is -2.25. The van der Waals surface area contributed by atoms with Crippen LogP contribution in [0.2, 0.25) is 0 Å². The van der Waals surface area contributed by atoms with Gasteiger partial charge in [0.25, 0.3) is 0 Å². The van der Waals surface area contributed by atoms with Gasteiger partial charge in [0, 0.05) is 14.1 Å². The third-order valence-corrected chi connectivity index (χ3v) is 2.56. The van der Waals surface area contributed by atoms with Crippen molar-refractivity contribution in [3.8, 4) is 0 Å². The summed E-state index contributed by atoms with van der Waals surface area (Å²) in [7, 11) is 4.05. The Kier molecular flexibility index (Phi) is 3.57. The summed E-state index contributed by atoms with van der Waals surface area (Å²) in [5, 5.41) is 0. The lowest BCUT2D eigenvalue weighted by molar-refractivity contribution is 0.331. The Bertz CT molecular complexity index is 152. The van der Waals surface area contributed by atoms with Crippen LogP contribution in [0.3, 0.4) is 0 Å². The summed E-state index contributed by atoms with van der Waals surface area (Å²) >= 11 is 0. The Labute approximate surface area is 75.7 Å². The average Bonchev–Trinajstić information content (AvgIpc) is 2.03. The van der Waals surface area contributed by atoms with Crippen LogP contribution in [0.4, 0.5) is 0 Å². The second-order valence-electron chi connectivity index (χ2n) is 4.06. The van der Waals surface area contributed by atoms with E-state index in [1.165, 1.54) is 25.7 Å². The molecule has 2 heteroatoms. The summed E-state index contributed by atoms with van der Waals surface area (Å²) < 4.78 is 0. The predicted octanol–water partition coefficient (Wildman–Crippen LogP) is 2.16. The molecule has 0 heterocycles. The van der Waals surface area contributed by atoms with Gasteiger partial charge in [0.2, 0.25) is 0 Å². The Morgan fingerprint density at radius 3 is 2.50 bits per heavy atom. The standard InChI is InChI=1S/C10H20N2/c1-9-6-4-5-7-10(9)11-8-12(2)3/h8-10H,4-7H2,1-3H3. The molecular weight excluding hydrogens is 148 g/mol. The highest BCUT2D eigenvalue weighted by atomic mass is 15.1. The van der Waals surface area contributed by atoms with E-state index in [-0.39, 0.29) is 0 Å². The molecule has 0 spiro atoms. The van der Waals surface area contributed by atoms with Gasteiger partial charge in [0.15, 0.2) is 0 Å². The summed E-state index contributed by atoms with van der Waals surface area (Å²) in [4.78, 5) is 6.58. The minimum atomic E-state index is 0.584. The molecule has 1 fully saturated rings. The van der Waals surface area contributed by atoms with E-state index in [2.05, 4.69) is 11.9 Å². The van der Waals surface area contributed by atoms with Gasteiger partial charge in [-0.1, -0.05) is 19.8 Å². The van der Waals surface area contributed by atoms with Gasteiger partial charge < -0.3 is 4.90 Å². The van der Waals surface area contributed by atoms with Gasteiger partial charge in [-0.3, -0.25) is 4.99 Å². The molecule has 2 unspecified atom stereocenters. The van der Waals surface area contributed by atoms with E-state index in [0.29, 0.717) is 6.04 Å². The largest absolute Gasteiger partial charge is 0.369 e. The topological polar surface area (TPSA) is 15.6 Å². The monoisotopic (exact) mass is 168 g/mol. The van der Waals surface area contributed by atoms with E-state index in [0.717, 1.165) is 5.92 Å². The molecule has 0 aromatic rings. The highest BCUT2D eigenvalue weighted by molar-refractivity contribution is 5.54. The van der Waals surface area contributed by atoms with Crippen molar-refractivity contribution >= 4 is 6.34 Å². The summed E-state index contributed by atoms with van der Waals surface area (Å²) in [6.07, 6.45) is 7.35. The maximum atomic E-state index is 4.56. The van der Waals surface area contributed by atoms with Crippen LogP contribution in [0.25, 0.3) is 0 Å². The second-order valence-corrected chi connectivity index (χ2v) is 4.06. The van der Waals surface area contributed by atoms with Gasteiger partial charge in [-0.25, -0.2) is 0 Å². The van der Waals surface area contributed by atoms with E-state index >= 15 is 0 Å². The van der Waals surface area contributed by atoms with Crippen LogP contribution in [-0.4, -0.2) is 31.4 Å². The lowest BCUT2D eigenvalue weighted by Crippen LogP contribution is -2.22. The Balaban J connectivity index is 2.38. The van der Waals surface area contributed by atoms with E-state index in [1.807, 2.05) is 25.3 Å². The van der Waals surface area contributed by atoms with Gasteiger partial charge in [-0.05, 0) is 18.8 Å². The quantitative estimate of drug-likeness (QED) is 0.455. The predicted molar refractivity (Wildman–Crippen MR) is 53.6 cm³/mol. The van der Waals surface area contributed by atoms with Crippen molar-refractivity contribution in [1.82, 2.24) is 4.90 Å². The Morgan fingerprint density at radius 1 is 1.25 bits per heavy atom. The zero-order chi connectivity index (χ0) is 8.97. The fourth-order valence-electron chi connectivity index (χ4n) is 1.74. The molecule has 0 saturated heterocycles. The van der Waals surface area contributed by atoms with Crippen molar-refractivity contribution in [2.24, 2.45) is 10.9 Å². The van der Waals surface area contributed by atoms with Crippen molar-refractivity contribution in [3.05, 3.63) is 0 Å². The van der Waals surface area contributed by atoms with Gasteiger partial charge in [0.05, 0.1) is 12.4 Å². The van der Waals surface area contributed by atoms with Crippen molar-refractivity contribution in [2.75, 3.05) is 14.1 Å². The van der Waals surface area contributed by atoms with Crippen LogP contribution in [-0.2, 0) is 0 Å². The van der Waals surface area contributed by atoms with Crippen LogP contribution in [0.15, 0.2) is 4.99 Å². The maximum Gasteiger partial charge on any atom is 0.0848 e. The molecule has 0 bridgehead atoms. The van der Waals surface area contributed by atoms with E-state index < -0.39 is 0 Å². The molecule has 0 amide bonds. The van der Waals surface area contributed by atoms with Crippen molar-refractivity contribution in [3.63, 3.8) is 0 Å². The molecule has 0 radical (unpaired) electrons. The molecule has 0 N–H and O–H groups in total. The SMILES string of the molecule is CC1CCCCC1N=CN(C)C. The second kappa shape index (κ2) is 4.48. The third-order valence-electron chi connectivity index (χ3n) is 2.56. The summed E-state index contributed by atoms with van der Waals surface area (Å²) in [6, 6.07) is 0.584. The molecule has 2 atom stereocenters. The molecule has 0 aromatic carbocycles. The fraction of sp³-hybridized carbons (Fsp3) is 0.900. The number of aliphatic imine (C=N–C) groups is 1. The van der Waals surface area contributed by atoms with Crippen LogP contribution >= 0.6 is 0 Å². The summed E-state index contributed by atoms with van der Waals surface area (Å²) in [6.45, 7) is 2.32. The molecule has 1 saturated carbocycles. The molecule has 1 rings (SSSR count). The first-order valence-electron chi connectivity index (χ1n) is 4.90. The molecule has 12 heavy (non-hydrogen) atoms. The van der Waals surface area contributed by atoms with E-state index in [1.54, 1.807) is 0 Å². The number of nitrogens with zero attached hydrogens (tertiary/aromatic N) is 2. The Morgan fingerprint density at radius 2 is 1.92 bits per heavy atom. The number of hydrogen-bond donors (Lipinski definition) is 0. The molecule has 0 aliphatic heterocycles. The minimum Gasteiger partial charge on any atom is -0.369 e. The van der Waals surface area contributed by atoms with Gasteiger partial charge in [-0.2, -0.15) is 0 Å². The zero-order valence-corrected chi connectivity index (χ0v) is 8.45. The normalized spacial score (nSPS) is 30.9. The number of hydrogen-bond acceptors (Lipinski definition) is 1. The van der Waals surface area contributed by atoms with Gasteiger partial charge in [-0.15, -0.1) is 0 Å². The van der Waals surface area contributed by atoms with Crippen LogP contribution < -0.4 is 0 Å². The highest BCUT2D eigenvalue weighted by Crippen LogP contribution is 2.25. The maximum absolute atomic E-state index is 4.56. The lowest BCUT2D eigenvalue weighted by atomic mass is 9.86. The highest BCUT2D eigenvalue weighted by Gasteiger charge is 2.19. The fourth-order valence-corrected chi connectivity index (χ4v) is 1.74. The average molecular weight is 168 g/mol. The smallest absolute Gasteiger partial charge is 0.0848 e. The molecular formula is C10H20N2. The van der Waals surface area contributed by atoms with Crippen LogP contribution in [0.1, 0.15) is 32.6 Å². The third kappa shape index (κ3) is 2.84. The van der Waals surface area contributed by atoms with E-state index in [4.69, 9.17) is 0 Å². The first-order valence-corrected chi connectivity index (χ1v) is 4.90. The zero-order valence-electron chi connectivity index (χ0n) is 8.45. The first kappa shape index (κ1) is 9.56. The van der Waals surface area contributed by atoms with Crippen molar-refractivity contribution in [1.29, 1.82) is 0 Å². The van der Waals surface area contributed by atoms with Gasteiger partial charge >= 0.3 is 0 Å². The van der Waals surface area contributed by atoms with Crippen molar-refractivity contribution in [2.45, 2.75) is 38.6 Å². The van der Waals surface area contributed by atoms with Gasteiger partial charge in [0.1, 0.15) is 0 Å². The van der Waals surface area contributed by atoms with Crippen LogP contribution in [0, 0.1) is 5.92 Å². The molecule has 1 aliphatic carbocycles. The minimum absolute atomic E-state index is 0.584. The van der Waals surface area contributed by atoms with Crippen molar-refractivity contribution < 1.29 is 0 Å². The van der Waals surface area contributed by atoms with Crippen LogP contribution in [0.5, 0.6) is 0 Å². The summed E-state index contributed by atoms with van der Waals surface area (Å²) in [5.41, 5.74) is 0. The molecule has 1 aliphatic rings. The van der Waals surface area contributed by atoms with E-state index in [9.17, 15) is 0 Å². The Hall–Kier alpha value is -0.530. The first-order chi connectivity index (χ1) is 5.70. The molecule has 2 nitrogen and oxygen atoms in total. The summed E-state index contributed by atoms with van der Waals surface area (Å²) in [5.74, 6) is 0.787. The number of rotatable bonds is 2.